The number of pyridine rings is 1. The van der Waals surface area contributed by atoms with Gasteiger partial charge in [-0.25, -0.2) is 4.79 Å². The Bertz CT molecular complexity index is 1310. The van der Waals surface area contributed by atoms with E-state index < -0.39 is 54.1 Å². The molecule has 4 unspecified atom stereocenters. The van der Waals surface area contributed by atoms with Gasteiger partial charge >= 0.3 is 11.9 Å². The molecule has 3 heterocycles. The Hall–Kier alpha value is -3.32. The summed E-state index contributed by atoms with van der Waals surface area (Å²) in [6.07, 6.45) is -7.47. The molecule has 9 nitrogen and oxygen atoms in total. The Balaban J connectivity index is 1.67. The molecule has 1 saturated heterocycles. The highest BCUT2D eigenvalue weighted by molar-refractivity contribution is 5.64. The SMILES string of the molecule is O=c1ccn(C2OC(CO)C(O)C2O)c(=O)n1Cc1cc(-c2cccc(C(F)(F)F)c2)ccn1. The van der Waals surface area contributed by atoms with Crippen LogP contribution in [0.25, 0.3) is 11.1 Å². The second-order valence-electron chi connectivity index (χ2n) is 7.77. The average Bonchev–Trinajstić information content (AvgIpc) is 3.10. The number of hydrogen-bond acceptors (Lipinski definition) is 7. The van der Waals surface area contributed by atoms with Crippen molar-refractivity contribution in [1.82, 2.24) is 14.1 Å². The summed E-state index contributed by atoms with van der Waals surface area (Å²) in [7, 11) is 0. The first-order valence-corrected chi connectivity index (χ1v) is 10.2. The summed E-state index contributed by atoms with van der Waals surface area (Å²) in [5.74, 6) is 0. The normalized spacial score (nSPS) is 22.8. The number of hydrogen-bond donors (Lipinski definition) is 3. The van der Waals surface area contributed by atoms with Crippen LogP contribution in [0.3, 0.4) is 0 Å². The zero-order valence-corrected chi connectivity index (χ0v) is 17.5. The zero-order chi connectivity index (χ0) is 24.6. The molecule has 12 heteroatoms. The third-order valence-electron chi connectivity index (χ3n) is 5.55. The van der Waals surface area contributed by atoms with Crippen LogP contribution in [0.1, 0.15) is 17.5 Å². The van der Waals surface area contributed by atoms with E-state index in [0.29, 0.717) is 5.56 Å². The van der Waals surface area contributed by atoms with Gasteiger partial charge in [-0.15, -0.1) is 0 Å². The lowest BCUT2D eigenvalue weighted by Crippen LogP contribution is -2.43. The van der Waals surface area contributed by atoms with E-state index in [0.717, 1.165) is 33.5 Å². The molecule has 0 spiro atoms. The second-order valence-corrected chi connectivity index (χ2v) is 7.77. The largest absolute Gasteiger partial charge is 0.416 e. The molecular weight excluding hydrogens is 459 g/mol. The van der Waals surface area contributed by atoms with E-state index in [9.17, 15) is 38.1 Å². The van der Waals surface area contributed by atoms with Gasteiger partial charge in [-0.05, 0) is 35.4 Å². The molecule has 0 amide bonds. The Morgan fingerprint density at radius 3 is 2.44 bits per heavy atom. The maximum absolute atomic E-state index is 13.1. The van der Waals surface area contributed by atoms with Crippen LogP contribution in [0.2, 0.25) is 0 Å². The number of rotatable bonds is 5. The Kier molecular flexibility index (Phi) is 6.41. The fourth-order valence-electron chi connectivity index (χ4n) is 3.76. The first-order chi connectivity index (χ1) is 16.1. The molecule has 0 radical (unpaired) electrons. The van der Waals surface area contributed by atoms with E-state index in [1.165, 1.54) is 30.5 Å². The summed E-state index contributed by atoms with van der Waals surface area (Å²) in [4.78, 5) is 29.5. The third kappa shape index (κ3) is 4.53. The lowest BCUT2D eigenvalue weighted by molar-refractivity contribution is -0.137. The van der Waals surface area contributed by atoms with Crippen LogP contribution in [0.5, 0.6) is 0 Å². The number of aliphatic hydroxyl groups excluding tert-OH is 3. The van der Waals surface area contributed by atoms with Crippen LogP contribution in [-0.2, 0) is 17.5 Å². The van der Waals surface area contributed by atoms with E-state index in [1.807, 2.05) is 0 Å². The van der Waals surface area contributed by atoms with Crippen LogP contribution >= 0.6 is 0 Å². The third-order valence-corrected chi connectivity index (χ3v) is 5.55. The Morgan fingerprint density at radius 1 is 1.03 bits per heavy atom. The van der Waals surface area contributed by atoms with Gasteiger partial charge < -0.3 is 20.1 Å². The van der Waals surface area contributed by atoms with E-state index in [1.54, 1.807) is 0 Å². The predicted octanol–water partition coefficient (Wildman–Crippen LogP) is 0.751. The van der Waals surface area contributed by atoms with Crippen LogP contribution in [-0.4, -0.2) is 54.4 Å². The molecule has 1 aliphatic heterocycles. The van der Waals surface area contributed by atoms with Crippen molar-refractivity contribution in [2.45, 2.75) is 37.3 Å². The van der Waals surface area contributed by atoms with Crippen LogP contribution in [0, 0.1) is 0 Å². The quantitative estimate of drug-likeness (QED) is 0.493. The molecule has 1 aromatic carbocycles. The minimum Gasteiger partial charge on any atom is -0.394 e. The maximum atomic E-state index is 13.1. The molecule has 0 bridgehead atoms. The molecule has 1 aliphatic rings. The fraction of sp³-hybridized carbons (Fsp3) is 0.318. The van der Waals surface area contributed by atoms with Crippen molar-refractivity contribution in [2.75, 3.05) is 6.61 Å². The molecule has 180 valence electrons. The molecule has 4 atom stereocenters. The van der Waals surface area contributed by atoms with Gasteiger partial charge in [0.15, 0.2) is 6.23 Å². The van der Waals surface area contributed by atoms with E-state index in [-0.39, 0.29) is 17.8 Å². The standard InChI is InChI=1S/C22H20F3N3O6/c23-22(24,25)14-3-1-2-12(8-14)13-4-6-26-15(9-13)10-28-17(30)5-7-27(21(28)33)20-19(32)18(31)16(11-29)34-20/h1-9,16,18-20,29,31-32H,10-11H2. The number of benzene rings is 1. The molecule has 34 heavy (non-hydrogen) atoms. The molecule has 0 saturated carbocycles. The maximum Gasteiger partial charge on any atom is 0.416 e. The lowest BCUT2D eigenvalue weighted by Gasteiger charge is -2.18. The number of alkyl halides is 3. The molecule has 4 rings (SSSR count). The molecular formula is C22H20F3N3O6. The predicted molar refractivity (Wildman–Crippen MR) is 112 cm³/mol. The summed E-state index contributed by atoms with van der Waals surface area (Å²) < 4.78 is 46.3. The van der Waals surface area contributed by atoms with Crippen molar-refractivity contribution >= 4 is 0 Å². The first kappa shape index (κ1) is 23.8. The summed E-state index contributed by atoms with van der Waals surface area (Å²) in [5.41, 5.74) is -1.45. The summed E-state index contributed by atoms with van der Waals surface area (Å²) >= 11 is 0. The highest BCUT2D eigenvalue weighted by Gasteiger charge is 2.43. The molecule has 2 aromatic heterocycles. The first-order valence-electron chi connectivity index (χ1n) is 10.2. The van der Waals surface area contributed by atoms with Crippen molar-refractivity contribution < 1.29 is 33.2 Å². The summed E-state index contributed by atoms with van der Waals surface area (Å²) in [6.45, 7) is -0.893. The van der Waals surface area contributed by atoms with Gasteiger partial charge in [0, 0.05) is 18.5 Å². The van der Waals surface area contributed by atoms with Crippen LogP contribution in [0.4, 0.5) is 13.2 Å². The van der Waals surface area contributed by atoms with Crippen molar-refractivity contribution in [1.29, 1.82) is 0 Å². The number of ether oxygens (including phenoxy) is 1. The van der Waals surface area contributed by atoms with Gasteiger partial charge in [-0.3, -0.25) is 18.9 Å². The van der Waals surface area contributed by atoms with Gasteiger partial charge in [0.1, 0.15) is 18.3 Å². The van der Waals surface area contributed by atoms with Gasteiger partial charge in [0.2, 0.25) is 0 Å². The van der Waals surface area contributed by atoms with Crippen molar-refractivity contribution in [3.63, 3.8) is 0 Å². The monoisotopic (exact) mass is 479 g/mol. The molecule has 1 fully saturated rings. The fourth-order valence-corrected chi connectivity index (χ4v) is 3.76. The average molecular weight is 479 g/mol. The summed E-state index contributed by atoms with van der Waals surface area (Å²) in [5, 5.41) is 29.4. The van der Waals surface area contributed by atoms with Gasteiger partial charge in [-0.1, -0.05) is 12.1 Å². The number of aliphatic hydroxyl groups is 3. The lowest BCUT2D eigenvalue weighted by atomic mass is 10.0. The molecule has 0 aliphatic carbocycles. The number of halogens is 3. The highest BCUT2D eigenvalue weighted by atomic mass is 19.4. The minimum absolute atomic E-state index is 0.230. The Morgan fingerprint density at radius 2 is 1.76 bits per heavy atom. The topological polar surface area (TPSA) is 127 Å². The van der Waals surface area contributed by atoms with Crippen molar-refractivity contribution in [2.24, 2.45) is 0 Å². The van der Waals surface area contributed by atoms with E-state index in [4.69, 9.17) is 4.74 Å². The number of nitrogens with zero attached hydrogens (tertiary/aromatic N) is 3. The number of aromatic nitrogens is 3. The van der Waals surface area contributed by atoms with Crippen LogP contribution in [0.15, 0.2) is 64.4 Å². The Labute approximate surface area is 189 Å². The van der Waals surface area contributed by atoms with Crippen LogP contribution < -0.4 is 11.2 Å². The zero-order valence-electron chi connectivity index (χ0n) is 17.5. The smallest absolute Gasteiger partial charge is 0.394 e. The van der Waals surface area contributed by atoms with Crippen molar-refractivity contribution in [3.05, 3.63) is 87.0 Å². The van der Waals surface area contributed by atoms with E-state index >= 15 is 0 Å². The van der Waals surface area contributed by atoms with Crippen molar-refractivity contribution in [3.8, 4) is 11.1 Å². The minimum atomic E-state index is -4.51. The molecule has 3 N–H and O–H groups in total. The van der Waals surface area contributed by atoms with Gasteiger partial charge in [0.25, 0.3) is 5.56 Å². The summed E-state index contributed by atoms with van der Waals surface area (Å²) in [6, 6.07) is 8.75. The second kappa shape index (κ2) is 9.14. The van der Waals surface area contributed by atoms with Gasteiger partial charge in [-0.2, -0.15) is 13.2 Å². The molecule has 3 aromatic rings. The van der Waals surface area contributed by atoms with E-state index in [2.05, 4.69) is 4.98 Å². The van der Waals surface area contributed by atoms with Gasteiger partial charge in [0.05, 0.1) is 24.4 Å². The highest BCUT2D eigenvalue weighted by Crippen LogP contribution is 2.32.